The van der Waals surface area contributed by atoms with Gasteiger partial charge in [-0.25, -0.2) is 0 Å². The average molecular weight is 339 g/mol. The van der Waals surface area contributed by atoms with E-state index in [0.29, 0.717) is 12.2 Å². The molecule has 2 rings (SSSR count). The van der Waals surface area contributed by atoms with Gasteiger partial charge in [0, 0.05) is 6.42 Å². The number of hydrogen-bond donors (Lipinski definition) is 1. The molecule has 0 saturated carbocycles. The normalized spacial score (nSPS) is 10.5. The minimum absolute atomic E-state index is 0.0614. The Balaban J connectivity index is 1.78. The van der Waals surface area contributed by atoms with Crippen LogP contribution in [0.3, 0.4) is 0 Å². The smallest absolute Gasteiger partial charge is 0.387 e. The zero-order valence-corrected chi connectivity index (χ0v) is 12.5. The van der Waals surface area contributed by atoms with Crippen LogP contribution in [0.2, 0.25) is 0 Å². The van der Waals surface area contributed by atoms with Gasteiger partial charge in [0.1, 0.15) is 11.5 Å². The number of hydrogen-bond acceptors (Lipinski definition) is 5. The summed E-state index contributed by atoms with van der Waals surface area (Å²) >= 11 is 0. The Kier molecular flexibility index (Phi) is 6.30. The molecule has 0 fully saturated rings. The lowest BCUT2D eigenvalue weighted by Crippen LogP contribution is -2.21. The van der Waals surface area contributed by atoms with Crippen LogP contribution in [0.1, 0.15) is 12.2 Å². The number of benzene rings is 1. The van der Waals surface area contributed by atoms with Gasteiger partial charge in [-0.2, -0.15) is 8.78 Å². The molecule has 0 aliphatic heterocycles. The van der Waals surface area contributed by atoms with Crippen molar-refractivity contribution in [2.24, 2.45) is 0 Å². The first-order valence-corrected chi connectivity index (χ1v) is 7.06. The van der Waals surface area contributed by atoms with Gasteiger partial charge >= 0.3 is 12.6 Å². The van der Waals surface area contributed by atoms with Crippen LogP contribution in [-0.2, 0) is 20.7 Å². The Morgan fingerprint density at radius 1 is 1.17 bits per heavy atom. The summed E-state index contributed by atoms with van der Waals surface area (Å²) in [6.07, 6.45) is 1.91. The molecule has 1 aromatic heterocycles. The molecule has 1 aromatic carbocycles. The van der Waals surface area contributed by atoms with Crippen molar-refractivity contribution < 1.29 is 32.3 Å². The Bertz CT molecular complexity index is 673. The van der Waals surface area contributed by atoms with E-state index in [1.807, 2.05) is 0 Å². The van der Waals surface area contributed by atoms with Gasteiger partial charge in [0.15, 0.2) is 6.61 Å². The van der Waals surface area contributed by atoms with Crippen molar-refractivity contribution in [2.75, 3.05) is 11.9 Å². The number of halogens is 2. The van der Waals surface area contributed by atoms with Crippen molar-refractivity contribution in [2.45, 2.75) is 19.5 Å². The predicted octanol–water partition coefficient (Wildman–Crippen LogP) is 3.00. The molecule has 0 bridgehead atoms. The van der Waals surface area contributed by atoms with Gasteiger partial charge in [0.2, 0.25) is 0 Å². The van der Waals surface area contributed by atoms with Crippen molar-refractivity contribution in [3.63, 3.8) is 0 Å². The summed E-state index contributed by atoms with van der Waals surface area (Å²) in [5.74, 6) is -0.773. The van der Waals surface area contributed by atoms with Crippen LogP contribution >= 0.6 is 0 Å². The van der Waals surface area contributed by atoms with Crippen LogP contribution in [0.4, 0.5) is 14.5 Å². The van der Waals surface area contributed by atoms with Gasteiger partial charge < -0.3 is 19.2 Å². The van der Waals surface area contributed by atoms with Gasteiger partial charge in [0.25, 0.3) is 5.91 Å². The average Bonchev–Trinajstić information content (AvgIpc) is 3.06. The number of esters is 1. The molecule has 6 nitrogen and oxygen atoms in total. The lowest BCUT2D eigenvalue weighted by atomic mass is 10.2. The first-order chi connectivity index (χ1) is 11.5. The summed E-state index contributed by atoms with van der Waals surface area (Å²) < 4.78 is 38.7. The molecule has 1 heterocycles. The lowest BCUT2D eigenvalue weighted by molar-refractivity contribution is -0.147. The maximum absolute atomic E-state index is 12.3. The van der Waals surface area contributed by atoms with Crippen molar-refractivity contribution in [1.29, 1.82) is 0 Å². The summed E-state index contributed by atoms with van der Waals surface area (Å²) in [6.45, 7) is -3.54. The zero-order valence-electron chi connectivity index (χ0n) is 12.5. The summed E-state index contributed by atoms with van der Waals surface area (Å²) in [7, 11) is 0. The number of carbonyl (C=O) groups excluding carboxylic acids is 2. The molecule has 8 heteroatoms. The summed E-state index contributed by atoms with van der Waals surface area (Å²) in [4.78, 5) is 23.3. The molecule has 0 aliphatic carbocycles. The number of aryl methyl sites for hydroxylation is 1. The van der Waals surface area contributed by atoms with E-state index in [1.165, 1.54) is 24.5 Å². The molecule has 0 saturated heterocycles. The summed E-state index contributed by atoms with van der Waals surface area (Å²) in [5, 5.41) is 2.35. The highest BCUT2D eigenvalue weighted by Crippen LogP contribution is 2.25. The molecular weight excluding hydrogens is 324 g/mol. The highest BCUT2D eigenvalue weighted by Gasteiger charge is 2.13. The van der Waals surface area contributed by atoms with E-state index in [4.69, 9.17) is 9.15 Å². The Morgan fingerprint density at radius 3 is 2.67 bits per heavy atom. The Hall–Kier alpha value is -2.90. The van der Waals surface area contributed by atoms with Gasteiger partial charge in [-0.1, -0.05) is 12.1 Å². The first kappa shape index (κ1) is 17.5. The maximum Gasteiger partial charge on any atom is 0.387 e. The van der Waals surface area contributed by atoms with Gasteiger partial charge in [-0.15, -0.1) is 0 Å². The van der Waals surface area contributed by atoms with E-state index in [-0.39, 0.29) is 17.9 Å². The molecule has 0 aliphatic rings. The number of nitrogens with one attached hydrogen (secondary N) is 1. The van der Waals surface area contributed by atoms with E-state index in [1.54, 1.807) is 18.2 Å². The third-order valence-electron chi connectivity index (χ3n) is 2.90. The van der Waals surface area contributed by atoms with Crippen LogP contribution in [0.5, 0.6) is 5.75 Å². The molecule has 0 radical (unpaired) electrons. The number of rotatable bonds is 8. The quantitative estimate of drug-likeness (QED) is 0.748. The minimum atomic E-state index is -3.01. The van der Waals surface area contributed by atoms with Crippen LogP contribution in [0.15, 0.2) is 47.1 Å². The molecule has 1 amide bonds. The lowest BCUT2D eigenvalue weighted by Gasteiger charge is -2.11. The highest BCUT2D eigenvalue weighted by molar-refractivity contribution is 5.94. The number of para-hydroxylation sites is 2. The minimum Gasteiger partial charge on any atom is -0.469 e. The SMILES string of the molecule is O=C(COC(=O)CCc1ccco1)Nc1ccccc1OC(F)F. The predicted molar refractivity (Wildman–Crippen MR) is 79.7 cm³/mol. The molecule has 2 aromatic rings. The fourth-order valence-corrected chi connectivity index (χ4v) is 1.85. The van der Waals surface area contributed by atoms with Gasteiger partial charge in [0.05, 0.1) is 18.4 Å². The fraction of sp³-hybridized carbons (Fsp3) is 0.250. The molecular formula is C16H15F2NO5. The van der Waals surface area contributed by atoms with Crippen molar-refractivity contribution in [3.05, 3.63) is 48.4 Å². The number of anilines is 1. The van der Waals surface area contributed by atoms with Gasteiger partial charge in [-0.05, 0) is 24.3 Å². The maximum atomic E-state index is 12.3. The highest BCUT2D eigenvalue weighted by atomic mass is 19.3. The Morgan fingerprint density at radius 2 is 1.96 bits per heavy atom. The topological polar surface area (TPSA) is 77.8 Å². The van der Waals surface area contributed by atoms with Crippen molar-refractivity contribution >= 4 is 17.6 Å². The second kappa shape index (κ2) is 8.66. The third-order valence-corrected chi connectivity index (χ3v) is 2.90. The summed E-state index contributed by atoms with van der Waals surface area (Å²) in [6, 6.07) is 9.14. The molecule has 0 spiro atoms. The van der Waals surface area contributed by atoms with E-state index >= 15 is 0 Å². The molecule has 0 unspecified atom stereocenters. The standard InChI is InChI=1S/C16H15F2NO5/c17-16(18)24-13-6-2-1-5-12(13)19-14(20)10-23-15(21)8-7-11-4-3-9-22-11/h1-6,9,16H,7-8,10H2,(H,19,20). The van der Waals surface area contributed by atoms with E-state index in [2.05, 4.69) is 10.1 Å². The number of alkyl halides is 2. The largest absolute Gasteiger partial charge is 0.469 e. The van der Waals surface area contributed by atoms with E-state index < -0.39 is 25.1 Å². The Labute approximate surface area is 136 Å². The van der Waals surface area contributed by atoms with Crippen molar-refractivity contribution in [3.8, 4) is 5.75 Å². The second-order valence-electron chi connectivity index (χ2n) is 4.66. The van der Waals surface area contributed by atoms with Crippen LogP contribution in [0, 0.1) is 0 Å². The fourth-order valence-electron chi connectivity index (χ4n) is 1.85. The number of amides is 1. The summed E-state index contributed by atoms with van der Waals surface area (Å²) in [5.41, 5.74) is 0.0643. The monoisotopic (exact) mass is 339 g/mol. The van der Waals surface area contributed by atoms with Crippen LogP contribution in [-0.4, -0.2) is 25.1 Å². The molecule has 1 N–H and O–H groups in total. The second-order valence-corrected chi connectivity index (χ2v) is 4.66. The van der Waals surface area contributed by atoms with Crippen LogP contribution < -0.4 is 10.1 Å². The molecule has 24 heavy (non-hydrogen) atoms. The number of carbonyl (C=O) groups is 2. The van der Waals surface area contributed by atoms with E-state index in [0.717, 1.165) is 0 Å². The number of ether oxygens (including phenoxy) is 2. The van der Waals surface area contributed by atoms with Gasteiger partial charge in [-0.3, -0.25) is 9.59 Å². The third kappa shape index (κ3) is 5.71. The number of furan rings is 1. The molecule has 128 valence electrons. The molecule has 0 atom stereocenters. The van der Waals surface area contributed by atoms with Crippen molar-refractivity contribution in [1.82, 2.24) is 0 Å². The zero-order chi connectivity index (χ0) is 17.4. The van der Waals surface area contributed by atoms with Crippen LogP contribution in [0.25, 0.3) is 0 Å². The first-order valence-electron chi connectivity index (χ1n) is 7.06. The van der Waals surface area contributed by atoms with E-state index in [9.17, 15) is 18.4 Å².